The van der Waals surface area contributed by atoms with Gasteiger partial charge in [-0.3, -0.25) is 0 Å². The molecule has 0 saturated heterocycles. The maximum Gasteiger partial charge on any atom is 0.127 e. The van der Waals surface area contributed by atoms with Crippen LogP contribution in [-0.2, 0) is 6.42 Å². The zero-order chi connectivity index (χ0) is 13.8. The summed E-state index contributed by atoms with van der Waals surface area (Å²) in [5.74, 6) is -0.166. The van der Waals surface area contributed by atoms with Gasteiger partial charge in [-0.1, -0.05) is 34.1 Å². The van der Waals surface area contributed by atoms with E-state index in [9.17, 15) is 4.39 Å². The molecule has 0 aliphatic rings. The van der Waals surface area contributed by atoms with E-state index >= 15 is 0 Å². The Balaban J connectivity index is 2.24. The van der Waals surface area contributed by atoms with Crippen LogP contribution in [0.15, 0.2) is 46.9 Å². The van der Waals surface area contributed by atoms with Gasteiger partial charge in [0.15, 0.2) is 0 Å². The van der Waals surface area contributed by atoms with Crippen LogP contribution in [0, 0.1) is 9.39 Å². The molecule has 19 heavy (non-hydrogen) atoms. The molecule has 0 heterocycles. The molecule has 0 spiro atoms. The maximum atomic E-state index is 13.9. The number of hydrogen-bond donors (Lipinski definition) is 1. The Morgan fingerprint density at radius 1 is 1.26 bits per heavy atom. The van der Waals surface area contributed by atoms with Crippen molar-refractivity contribution in [3.63, 3.8) is 0 Å². The Hall–Kier alpha value is -0.460. The van der Waals surface area contributed by atoms with Crippen LogP contribution in [-0.4, -0.2) is 7.05 Å². The summed E-state index contributed by atoms with van der Waals surface area (Å²) >= 11 is 5.57. The van der Waals surface area contributed by atoms with Crippen molar-refractivity contribution in [2.45, 2.75) is 12.5 Å². The summed E-state index contributed by atoms with van der Waals surface area (Å²) in [6.07, 6.45) is 0.635. The average molecular weight is 434 g/mol. The summed E-state index contributed by atoms with van der Waals surface area (Å²) in [6, 6.07) is 13.6. The Morgan fingerprint density at radius 2 is 2.05 bits per heavy atom. The predicted molar refractivity (Wildman–Crippen MR) is 88.8 cm³/mol. The minimum Gasteiger partial charge on any atom is -0.313 e. The fraction of sp³-hybridized carbons (Fsp3) is 0.200. The first-order valence-electron chi connectivity index (χ1n) is 5.97. The summed E-state index contributed by atoms with van der Waals surface area (Å²) in [5, 5.41) is 3.25. The van der Waals surface area contributed by atoms with E-state index in [2.05, 4.69) is 62.0 Å². The van der Waals surface area contributed by atoms with Gasteiger partial charge in [0.2, 0.25) is 0 Å². The fourth-order valence-electron chi connectivity index (χ4n) is 2.02. The lowest BCUT2D eigenvalue weighted by atomic mass is 9.99. The van der Waals surface area contributed by atoms with Crippen LogP contribution in [0.5, 0.6) is 0 Å². The van der Waals surface area contributed by atoms with Crippen molar-refractivity contribution in [3.8, 4) is 0 Å². The van der Waals surface area contributed by atoms with E-state index in [-0.39, 0.29) is 11.9 Å². The molecule has 0 radical (unpaired) electrons. The van der Waals surface area contributed by atoms with E-state index in [1.807, 2.05) is 25.2 Å². The van der Waals surface area contributed by atoms with E-state index in [0.29, 0.717) is 6.42 Å². The summed E-state index contributed by atoms with van der Waals surface area (Å²) in [4.78, 5) is 0. The second-order valence-corrected chi connectivity index (χ2v) is 6.50. The van der Waals surface area contributed by atoms with Crippen LogP contribution in [0.1, 0.15) is 17.2 Å². The molecule has 2 aromatic rings. The highest BCUT2D eigenvalue weighted by Crippen LogP contribution is 2.23. The first kappa shape index (κ1) is 14.9. The third-order valence-corrected chi connectivity index (χ3v) is 4.20. The number of hydrogen-bond acceptors (Lipinski definition) is 1. The standard InChI is InChI=1S/C15H14BrFIN/c1-19-15(11-3-2-4-13(18)7-11)8-10-5-6-12(16)9-14(10)17/h2-7,9,15,19H,8H2,1H3. The zero-order valence-corrected chi connectivity index (χ0v) is 14.2. The van der Waals surface area contributed by atoms with Crippen LogP contribution < -0.4 is 5.32 Å². The molecule has 0 bridgehead atoms. The van der Waals surface area contributed by atoms with Crippen molar-refractivity contribution in [1.29, 1.82) is 0 Å². The smallest absolute Gasteiger partial charge is 0.127 e. The van der Waals surface area contributed by atoms with Gasteiger partial charge >= 0.3 is 0 Å². The maximum absolute atomic E-state index is 13.9. The molecule has 0 saturated carbocycles. The molecule has 0 aliphatic heterocycles. The van der Waals surface area contributed by atoms with Crippen molar-refractivity contribution in [1.82, 2.24) is 5.32 Å². The van der Waals surface area contributed by atoms with Crippen molar-refractivity contribution in [2.75, 3.05) is 7.05 Å². The first-order valence-corrected chi connectivity index (χ1v) is 7.84. The molecule has 0 fully saturated rings. The molecule has 2 rings (SSSR count). The summed E-state index contributed by atoms with van der Waals surface area (Å²) < 4.78 is 15.8. The lowest BCUT2D eigenvalue weighted by molar-refractivity contribution is 0.554. The third kappa shape index (κ3) is 4.00. The highest BCUT2D eigenvalue weighted by Gasteiger charge is 2.13. The number of halogens is 3. The molecule has 100 valence electrons. The van der Waals surface area contributed by atoms with Crippen LogP contribution >= 0.6 is 38.5 Å². The lowest BCUT2D eigenvalue weighted by Crippen LogP contribution is -2.19. The van der Waals surface area contributed by atoms with Gasteiger partial charge in [0.05, 0.1) is 0 Å². The van der Waals surface area contributed by atoms with Gasteiger partial charge in [0.25, 0.3) is 0 Å². The van der Waals surface area contributed by atoms with Crippen molar-refractivity contribution >= 4 is 38.5 Å². The van der Waals surface area contributed by atoms with E-state index in [1.165, 1.54) is 15.2 Å². The summed E-state index contributed by atoms with van der Waals surface area (Å²) in [5.41, 5.74) is 1.90. The molecule has 0 aliphatic carbocycles. The number of benzene rings is 2. The molecule has 4 heteroatoms. The fourth-order valence-corrected chi connectivity index (χ4v) is 2.92. The van der Waals surface area contributed by atoms with Crippen LogP contribution in [0.4, 0.5) is 4.39 Å². The van der Waals surface area contributed by atoms with E-state index in [4.69, 9.17) is 0 Å². The van der Waals surface area contributed by atoms with E-state index < -0.39 is 0 Å². The minimum absolute atomic E-state index is 0.116. The third-order valence-electron chi connectivity index (χ3n) is 3.04. The molecular weight excluding hydrogens is 420 g/mol. The van der Waals surface area contributed by atoms with Crippen molar-refractivity contribution in [2.24, 2.45) is 0 Å². The first-order chi connectivity index (χ1) is 9.10. The van der Waals surface area contributed by atoms with E-state index in [0.717, 1.165) is 10.0 Å². The topological polar surface area (TPSA) is 12.0 Å². The van der Waals surface area contributed by atoms with Gasteiger partial charge in [-0.05, 0) is 71.5 Å². The summed E-state index contributed by atoms with van der Waals surface area (Å²) in [7, 11) is 1.90. The largest absolute Gasteiger partial charge is 0.313 e. The van der Waals surface area contributed by atoms with Crippen LogP contribution in [0.2, 0.25) is 0 Å². The Morgan fingerprint density at radius 3 is 2.68 bits per heavy atom. The Labute approximate surface area is 134 Å². The van der Waals surface area contributed by atoms with Gasteiger partial charge in [0.1, 0.15) is 5.82 Å². The molecule has 1 N–H and O–H groups in total. The van der Waals surface area contributed by atoms with Crippen LogP contribution in [0.3, 0.4) is 0 Å². The normalized spacial score (nSPS) is 12.4. The van der Waals surface area contributed by atoms with Gasteiger partial charge < -0.3 is 5.32 Å². The molecular formula is C15H14BrFIN. The second-order valence-electron chi connectivity index (χ2n) is 4.34. The molecule has 1 atom stereocenters. The molecule has 1 nitrogen and oxygen atoms in total. The minimum atomic E-state index is -0.166. The highest BCUT2D eigenvalue weighted by atomic mass is 127. The van der Waals surface area contributed by atoms with Gasteiger partial charge in [-0.15, -0.1) is 0 Å². The quantitative estimate of drug-likeness (QED) is 0.689. The van der Waals surface area contributed by atoms with Gasteiger partial charge in [-0.25, -0.2) is 4.39 Å². The molecule has 0 amide bonds. The number of rotatable bonds is 4. The molecule has 1 unspecified atom stereocenters. The Bertz CT molecular complexity index is 574. The highest BCUT2D eigenvalue weighted by molar-refractivity contribution is 14.1. The summed E-state index contributed by atoms with van der Waals surface area (Å²) in [6.45, 7) is 0. The number of nitrogens with one attached hydrogen (secondary N) is 1. The average Bonchev–Trinajstić information content (AvgIpc) is 2.38. The second kappa shape index (κ2) is 6.81. The van der Waals surface area contributed by atoms with Gasteiger partial charge in [-0.2, -0.15) is 0 Å². The predicted octanol–water partition coefficient (Wildman–Crippen LogP) is 4.70. The Kier molecular flexibility index (Phi) is 5.36. The SMILES string of the molecule is CNC(Cc1ccc(Br)cc1F)c1cccc(I)c1. The zero-order valence-electron chi connectivity index (χ0n) is 10.5. The number of likely N-dealkylation sites (N-methyl/N-ethyl adjacent to an activating group) is 1. The van der Waals surface area contributed by atoms with E-state index in [1.54, 1.807) is 0 Å². The van der Waals surface area contributed by atoms with Crippen molar-refractivity contribution in [3.05, 3.63) is 67.5 Å². The van der Waals surface area contributed by atoms with Gasteiger partial charge in [0, 0.05) is 14.1 Å². The lowest BCUT2D eigenvalue weighted by Gasteiger charge is -2.17. The van der Waals surface area contributed by atoms with Crippen LogP contribution in [0.25, 0.3) is 0 Å². The van der Waals surface area contributed by atoms with Crippen molar-refractivity contribution < 1.29 is 4.39 Å². The molecule has 2 aromatic carbocycles. The monoisotopic (exact) mass is 433 g/mol. The molecule has 0 aromatic heterocycles.